The Morgan fingerprint density at radius 3 is 2.49 bits per heavy atom. The fraction of sp³-hybridized carbons (Fsp3) is 0.567. The minimum Gasteiger partial charge on any atom is -0.444 e. The molecule has 0 unspecified atom stereocenters. The summed E-state index contributed by atoms with van der Waals surface area (Å²) in [7, 11) is 0. The van der Waals surface area contributed by atoms with E-state index in [-0.39, 0.29) is 12.2 Å². The topological polar surface area (TPSA) is 84.0 Å². The summed E-state index contributed by atoms with van der Waals surface area (Å²) < 4.78 is 13.6. The summed E-state index contributed by atoms with van der Waals surface area (Å²) in [5, 5.41) is 5.13. The van der Waals surface area contributed by atoms with Crippen LogP contribution in [0.1, 0.15) is 72.3 Å². The Balaban J connectivity index is 1.79. The molecule has 0 saturated carbocycles. The standard InChI is InChI=1S/C30H41BrN4O4S2/c1-18(2)32-13-9-14-35(28(37)39-30(6,7)8)26-24(25-33-21-11-10-19(31)16-22(21)40-25)20-12-15-34(17-23(20)41-26)27(36)38-29(3,4)5/h10-11,16,18,32H,9,12-15,17H2,1-8H3. The average molecular weight is 666 g/mol. The van der Waals surface area contributed by atoms with Crippen molar-refractivity contribution < 1.29 is 19.1 Å². The van der Waals surface area contributed by atoms with Crippen molar-refractivity contribution in [3.05, 3.63) is 33.1 Å². The van der Waals surface area contributed by atoms with E-state index in [4.69, 9.17) is 14.5 Å². The molecule has 0 saturated heterocycles. The second-order valence-corrected chi connectivity index (χ2v) is 15.6. The lowest BCUT2D eigenvalue weighted by molar-refractivity contribution is 0.0226. The molecule has 224 valence electrons. The zero-order chi connectivity index (χ0) is 30.1. The number of benzene rings is 1. The van der Waals surface area contributed by atoms with Crippen molar-refractivity contribution in [3.8, 4) is 10.6 Å². The van der Waals surface area contributed by atoms with Gasteiger partial charge in [0.15, 0.2) is 0 Å². The van der Waals surface area contributed by atoms with Gasteiger partial charge in [-0.25, -0.2) is 14.6 Å². The summed E-state index contributed by atoms with van der Waals surface area (Å²) in [5.74, 6) is 0. The predicted octanol–water partition coefficient (Wildman–Crippen LogP) is 8.21. The number of amides is 2. The molecule has 8 nitrogen and oxygen atoms in total. The normalized spacial score (nSPS) is 14.0. The molecule has 41 heavy (non-hydrogen) atoms. The molecule has 1 aliphatic heterocycles. The van der Waals surface area contributed by atoms with E-state index in [0.29, 0.717) is 32.1 Å². The summed E-state index contributed by atoms with van der Waals surface area (Å²) >= 11 is 6.74. The number of halogens is 1. The van der Waals surface area contributed by atoms with Gasteiger partial charge in [-0.05, 0) is 84.7 Å². The molecule has 0 spiro atoms. The summed E-state index contributed by atoms with van der Waals surface area (Å²) in [6.45, 7) is 17.7. The number of carbonyl (C=O) groups excluding carboxylic acids is 2. The second kappa shape index (κ2) is 12.6. The van der Waals surface area contributed by atoms with Crippen molar-refractivity contribution >= 4 is 66.0 Å². The number of hydrogen-bond acceptors (Lipinski definition) is 8. The number of fused-ring (bicyclic) bond motifs is 2. The molecule has 2 aromatic heterocycles. The monoisotopic (exact) mass is 664 g/mol. The first-order valence-corrected chi connectivity index (χ1v) is 16.5. The van der Waals surface area contributed by atoms with Crippen LogP contribution in [0.2, 0.25) is 0 Å². The lowest BCUT2D eigenvalue weighted by Gasteiger charge is -2.30. The minimum atomic E-state index is -0.641. The molecule has 1 aromatic carbocycles. The van der Waals surface area contributed by atoms with E-state index in [1.54, 1.807) is 32.5 Å². The third-order valence-electron chi connectivity index (χ3n) is 6.22. The fourth-order valence-corrected chi connectivity index (χ4v) is 7.54. The molecular weight excluding hydrogens is 624 g/mol. The Morgan fingerprint density at radius 1 is 1.12 bits per heavy atom. The highest BCUT2D eigenvalue weighted by Gasteiger charge is 2.35. The third-order valence-corrected chi connectivity index (χ3v) is 8.99. The van der Waals surface area contributed by atoms with E-state index in [1.807, 2.05) is 53.7 Å². The van der Waals surface area contributed by atoms with Crippen LogP contribution in [0, 0.1) is 0 Å². The molecule has 0 atom stereocenters. The molecule has 11 heteroatoms. The number of rotatable bonds is 7. The first kappa shape index (κ1) is 31.7. The molecule has 3 aromatic rings. The highest BCUT2D eigenvalue weighted by Crippen LogP contribution is 2.48. The Morgan fingerprint density at radius 2 is 1.83 bits per heavy atom. The van der Waals surface area contributed by atoms with Crippen LogP contribution in [-0.2, 0) is 22.4 Å². The van der Waals surface area contributed by atoms with Gasteiger partial charge in [-0.2, -0.15) is 0 Å². The Bertz CT molecular complexity index is 1400. The molecule has 2 amide bonds. The van der Waals surface area contributed by atoms with Gasteiger partial charge >= 0.3 is 12.2 Å². The van der Waals surface area contributed by atoms with E-state index >= 15 is 0 Å². The summed E-state index contributed by atoms with van der Waals surface area (Å²) in [6, 6.07) is 6.42. The van der Waals surface area contributed by atoms with Crippen LogP contribution < -0.4 is 10.2 Å². The lowest BCUT2D eigenvalue weighted by atomic mass is 10.0. The quantitative estimate of drug-likeness (QED) is 0.256. The fourth-order valence-electron chi connectivity index (χ4n) is 4.51. The highest BCUT2D eigenvalue weighted by atomic mass is 79.9. The molecule has 1 aliphatic rings. The largest absolute Gasteiger partial charge is 0.444 e. The van der Waals surface area contributed by atoms with Crippen LogP contribution in [0.4, 0.5) is 14.6 Å². The lowest BCUT2D eigenvalue weighted by Crippen LogP contribution is -2.39. The van der Waals surface area contributed by atoms with Gasteiger partial charge in [-0.1, -0.05) is 29.8 Å². The molecule has 0 bridgehead atoms. The first-order chi connectivity index (χ1) is 19.1. The predicted molar refractivity (Wildman–Crippen MR) is 172 cm³/mol. The van der Waals surface area contributed by atoms with E-state index in [1.165, 1.54) is 0 Å². The number of thiazole rings is 1. The Hall–Kier alpha value is -2.21. The zero-order valence-corrected chi connectivity index (χ0v) is 28.4. The minimum absolute atomic E-state index is 0.326. The number of aromatic nitrogens is 1. The number of nitrogens with one attached hydrogen (secondary N) is 1. The van der Waals surface area contributed by atoms with Gasteiger partial charge in [-0.3, -0.25) is 4.90 Å². The van der Waals surface area contributed by atoms with Crippen LogP contribution in [0.5, 0.6) is 0 Å². The summed E-state index contributed by atoms with van der Waals surface area (Å²) in [5.41, 5.74) is 1.80. The third kappa shape index (κ3) is 8.21. The number of anilines is 1. The maximum absolute atomic E-state index is 13.7. The van der Waals surface area contributed by atoms with Crippen LogP contribution in [-0.4, -0.2) is 58.9 Å². The van der Waals surface area contributed by atoms with Crippen molar-refractivity contribution in [3.63, 3.8) is 0 Å². The average Bonchev–Trinajstić information content (AvgIpc) is 3.41. The molecule has 4 rings (SSSR count). The summed E-state index contributed by atoms with van der Waals surface area (Å²) in [4.78, 5) is 36.2. The number of hydrogen-bond donors (Lipinski definition) is 1. The van der Waals surface area contributed by atoms with Crippen molar-refractivity contribution in [2.45, 2.75) is 92.0 Å². The maximum Gasteiger partial charge on any atom is 0.415 e. The zero-order valence-electron chi connectivity index (χ0n) is 25.2. The van der Waals surface area contributed by atoms with Crippen molar-refractivity contribution in [1.82, 2.24) is 15.2 Å². The van der Waals surface area contributed by atoms with E-state index in [9.17, 15) is 9.59 Å². The molecule has 0 aliphatic carbocycles. The van der Waals surface area contributed by atoms with Crippen LogP contribution in [0.15, 0.2) is 22.7 Å². The van der Waals surface area contributed by atoms with Gasteiger partial charge in [0, 0.05) is 34.0 Å². The molecule has 0 fully saturated rings. The highest BCUT2D eigenvalue weighted by molar-refractivity contribution is 9.10. The molecule has 3 heterocycles. The number of nitrogens with zero attached hydrogens (tertiary/aromatic N) is 3. The van der Waals surface area contributed by atoms with Crippen molar-refractivity contribution in [2.24, 2.45) is 0 Å². The number of carbonyl (C=O) groups is 2. The second-order valence-electron chi connectivity index (χ2n) is 12.6. The molecule has 0 radical (unpaired) electrons. The van der Waals surface area contributed by atoms with Gasteiger partial charge in [0.05, 0.1) is 16.8 Å². The van der Waals surface area contributed by atoms with E-state index < -0.39 is 11.2 Å². The van der Waals surface area contributed by atoms with Gasteiger partial charge in [0.25, 0.3) is 0 Å². The number of ether oxygens (including phenoxy) is 2. The first-order valence-electron chi connectivity index (χ1n) is 14.0. The van der Waals surface area contributed by atoms with Crippen LogP contribution in [0.3, 0.4) is 0 Å². The van der Waals surface area contributed by atoms with Gasteiger partial charge in [0.2, 0.25) is 0 Å². The molecular formula is C30H41BrN4O4S2. The van der Waals surface area contributed by atoms with Crippen molar-refractivity contribution in [2.75, 3.05) is 24.5 Å². The van der Waals surface area contributed by atoms with Gasteiger partial charge in [-0.15, -0.1) is 22.7 Å². The maximum atomic E-state index is 13.7. The van der Waals surface area contributed by atoms with Crippen LogP contribution in [0.25, 0.3) is 20.8 Å². The van der Waals surface area contributed by atoms with E-state index in [0.717, 1.165) is 53.7 Å². The van der Waals surface area contributed by atoms with Gasteiger partial charge < -0.3 is 19.7 Å². The van der Waals surface area contributed by atoms with Gasteiger partial charge in [0.1, 0.15) is 21.2 Å². The number of thiophene rings is 1. The summed E-state index contributed by atoms with van der Waals surface area (Å²) in [6.07, 6.45) is 0.705. The van der Waals surface area contributed by atoms with E-state index in [2.05, 4.69) is 41.2 Å². The Labute approximate surface area is 259 Å². The smallest absolute Gasteiger partial charge is 0.415 e. The SMILES string of the molecule is CC(C)NCCCN(C(=O)OC(C)(C)C)c1sc2c(c1-c1nc3ccc(Br)cc3s1)CCN(C(=O)OC(C)(C)C)C2. The molecule has 1 N–H and O–H groups in total. The van der Waals surface area contributed by atoms with Crippen molar-refractivity contribution in [1.29, 1.82) is 0 Å². The van der Waals surface area contributed by atoms with Crippen LogP contribution >= 0.6 is 38.6 Å². The Kier molecular flexibility index (Phi) is 9.72.